The van der Waals surface area contributed by atoms with E-state index < -0.39 is 0 Å². The number of hydrogen-bond acceptors (Lipinski definition) is 1. The Morgan fingerprint density at radius 1 is 0.273 bits per heavy atom. The summed E-state index contributed by atoms with van der Waals surface area (Å²) in [5.74, 6) is 0. The normalized spacial score (nSPS) is 0.273. The summed E-state index contributed by atoms with van der Waals surface area (Å²) in [7, 11) is 0. The topological polar surface area (TPSA) is 364 Å². The van der Waals surface area contributed by atoms with Crippen molar-refractivity contribution in [3.05, 3.63) is 0 Å². The molecule has 0 heterocycles. The Morgan fingerprint density at radius 2 is 0.273 bits per heavy atom. The molecular formula is C2H30Cu8O12. The molecule has 0 unspecified atom stereocenters. The molecule has 0 fully saturated rings. The molecule has 0 aliphatic rings. The molecule has 0 amide bonds. The summed E-state index contributed by atoms with van der Waals surface area (Å²) in [6, 6.07) is 0. The van der Waals surface area contributed by atoms with Crippen LogP contribution >= 0.6 is 0 Å². The molecule has 0 atom stereocenters. The molecule has 0 saturated heterocycles. The van der Waals surface area contributed by atoms with Gasteiger partial charge in [0.1, 0.15) is 0 Å². The van der Waals surface area contributed by atoms with Crippen LogP contribution in [0, 0.1) is 0 Å². The van der Waals surface area contributed by atoms with E-state index in [-0.39, 0.29) is 195 Å². The van der Waals surface area contributed by atoms with E-state index in [4.69, 9.17) is 3.83 Å². The summed E-state index contributed by atoms with van der Waals surface area (Å²) in [5.41, 5.74) is 0. The van der Waals surface area contributed by atoms with Gasteiger partial charge >= 0.3 is 19.8 Å². The van der Waals surface area contributed by atoms with Crippen LogP contribution in [0.25, 0.3) is 0 Å². The summed E-state index contributed by atoms with van der Waals surface area (Å²) in [4.78, 5) is 0. The molecule has 22 heavy (non-hydrogen) atoms. The first kappa shape index (κ1) is 752. The maximum absolute atomic E-state index is 7.81. The molecule has 0 aliphatic carbocycles. The van der Waals surface area contributed by atoms with E-state index in [1.807, 2.05) is 0 Å². The van der Waals surface area contributed by atoms with Gasteiger partial charge in [-0.25, -0.2) is 0 Å². The van der Waals surface area contributed by atoms with Gasteiger partial charge in [0.05, 0.1) is 0 Å². The second-order valence-electron chi connectivity index (χ2n) is 0. The van der Waals surface area contributed by atoms with E-state index >= 15 is 0 Å². The van der Waals surface area contributed by atoms with E-state index in [0.29, 0.717) is 0 Å². The summed E-state index contributed by atoms with van der Waals surface area (Å²) >= 11 is 2.94. The van der Waals surface area contributed by atoms with Crippen LogP contribution in [-0.4, -0.2) is 60.2 Å². The zero-order valence-electron chi connectivity index (χ0n) is 8.32. The molecule has 0 aliphatic heterocycles. The third-order valence-electron chi connectivity index (χ3n) is 0. The Morgan fingerprint density at radius 3 is 0.273 bits per heavy atom. The molecule has 0 aromatic carbocycles. The third kappa shape index (κ3) is 964. The van der Waals surface area contributed by atoms with Crippen LogP contribution in [-0.2, 0) is 139 Å². The van der Waals surface area contributed by atoms with Gasteiger partial charge in [-0.1, -0.05) is 14.9 Å². The maximum atomic E-state index is 7.81. The van der Waals surface area contributed by atoms with Crippen LogP contribution < -0.4 is 0 Å². The molecule has 0 spiro atoms. The van der Waals surface area contributed by atoms with Crippen molar-refractivity contribution in [2.45, 2.75) is 14.9 Å². The van der Waals surface area contributed by atoms with Gasteiger partial charge in [0.2, 0.25) is 0 Å². The Labute approximate surface area is 212 Å². The summed E-state index contributed by atoms with van der Waals surface area (Å²) < 4.78 is 7.81. The molecule has 0 aromatic rings. The minimum absolute atomic E-state index is 0. The zero-order chi connectivity index (χ0) is 2.00. The predicted octanol–water partition coefficient (Wildman–Crippen LogP) is -7.94. The quantitative estimate of drug-likeness (QED) is 0.214. The molecule has 0 aromatic heterocycles. The average Bonchev–Trinajstić information content (AvgIpc) is 1.00. The Kier molecular flexibility index (Phi) is 37500. The van der Waals surface area contributed by atoms with Gasteiger partial charge in [-0.2, -0.15) is 0 Å². The molecule has 12 nitrogen and oxygen atoms in total. The molecule has 198 valence electrons. The zero-order valence-corrected chi connectivity index (χ0v) is 15.9. The Bertz CT molecular complexity index is 29.1. The minimum atomic E-state index is 0. The van der Waals surface area contributed by atoms with Crippen molar-refractivity contribution in [2.24, 2.45) is 0 Å². The van der Waals surface area contributed by atoms with Crippen LogP contribution in [0.2, 0.25) is 0 Å². The molecule has 7 radical (unpaired) electrons. The van der Waals surface area contributed by atoms with E-state index in [1.165, 1.54) is 0 Å². The van der Waals surface area contributed by atoms with Crippen molar-refractivity contribution >= 4 is 0 Å². The van der Waals surface area contributed by atoms with Gasteiger partial charge in [0.25, 0.3) is 0 Å². The van der Waals surface area contributed by atoms with Crippen molar-refractivity contribution in [2.75, 3.05) is 0 Å². The fourth-order valence-corrected chi connectivity index (χ4v) is 0. The Hall–Kier alpha value is 3.52. The summed E-state index contributed by atoms with van der Waals surface area (Å²) in [6.45, 7) is 0. The van der Waals surface area contributed by atoms with E-state index in [0.717, 1.165) is 0 Å². The monoisotopic (exact) mass is 750 g/mol. The van der Waals surface area contributed by atoms with Gasteiger partial charge in [-0.15, -0.1) is 0 Å². The van der Waals surface area contributed by atoms with E-state index in [1.54, 1.807) is 0 Å². The van der Waals surface area contributed by atoms with Crippen molar-refractivity contribution in [1.29, 1.82) is 0 Å². The van der Waals surface area contributed by atoms with E-state index in [2.05, 4.69) is 15.9 Å². The first-order valence-electron chi connectivity index (χ1n) is 0.123. The van der Waals surface area contributed by atoms with Crippen molar-refractivity contribution in [3.8, 4) is 0 Å². The van der Waals surface area contributed by atoms with Crippen LogP contribution in [0.4, 0.5) is 0 Å². The summed E-state index contributed by atoms with van der Waals surface area (Å²) in [5, 5.41) is 0. The van der Waals surface area contributed by atoms with Crippen molar-refractivity contribution < 1.29 is 199 Å². The van der Waals surface area contributed by atoms with Crippen LogP contribution in [0.15, 0.2) is 0 Å². The van der Waals surface area contributed by atoms with Crippen molar-refractivity contribution in [3.63, 3.8) is 0 Å². The van der Waals surface area contributed by atoms with Crippen molar-refractivity contribution in [1.82, 2.24) is 0 Å². The first-order valence-corrected chi connectivity index (χ1v) is 0.508. The predicted molar refractivity (Wildman–Crippen MR) is 53.9 cm³/mol. The molecule has 22 N–H and O–H groups in total. The molecule has 0 rings (SSSR count). The molecular weight excluding hydrogens is 724 g/mol. The summed E-state index contributed by atoms with van der Waals surface area (Å²) in [6.07, 6.45) is 0. The number of hydrogen-bond donors (Lipinski definition) is 0. The Balaban J connectivity index is -0.0000000000263. The van der Waals surface area contributed by atoms with Gasteiger partial charge in [0, 0.05) is 119 Å². The van der Waals surface area contributed by atoms with E-state index in [9.17, 15) is 0 Å². The standard InChI is InChI=1S/2CH4.8Cu.11H2O.O/h2*1H4;;;;;;;;;11*1H2;. The SMILES string of the molecule is C.C.O.O.O.O.O.O.O.O.O.O.O.[Cu].[Cu].[Cu].[Cu].[Cu].[Cu].[Cu].[O]=[Cu]. The fourth-order valence-electron chi connectivity index (χ4n) is 0. The first-order chi connectivity index (χ1) is 1.00. The second-order valence-corrected chi connectivity index (χ2v) is 0. The average molecular weight is 755 g/mol. The molecule has 20 heteroatoms. The van der Waals surface area contributed by atoms with Crippen LogP contribution in [0.3, 0.4) is 0 Å². The van der Waals surface area contributed by atoms with Gasteiger partial charge < -0.3 is 60.2 Å². The van der Waals surface area contributed by atoms with Gasteiger partial charge in [-0.05, 0) is 0 Å². The molecule has 0 saturated carbocycles. The molecule has 0 bridgehead atoms. The third-order valence-corrected chi connectivity index (χ3v) is 0. The van der Waals surface area contributed by atoms with Gasteiger partial charge in [0.15, 0.2) is 0 Å². The number of rotatable bonds is 0. The fraction of sp³-hybridized carbons (Fsp3) is 1.00. The van der Waals surface area contributed by atoms with Crippen LogP contribution in [0.5, 0.6) is 0 Å². The van der Waals surface area contributed by atoms with Crippen LogP contribution in [0.1, 0.15) is 14.9 Å². The second kappa shape index (κ2) is 1100. The van der Waals surface area contributed by atoms with Gasteiger partial charge in [-0.3, -0.25) is 0 Å².